The molecule has 2 atom stereocenters. The highest BCUT2D eigenvalue weighted by molar-refractivity contribution is 4.88. The topological polar surface area (TPSA) is 23.5 Å². The van der Waals surface area contributed by atoms with Crippen molar-refractivity contribution in [2.75, 3.05) is 14.1 Å². The fourth-order valence-electron chi connectivity index (χ4n) is 1.57. The molecule has 0 radical (unpaired) electrons. The minimum Gasteiger partial charge on any atom is -0.391 e. The molecule has 1 N–H and O–H groups in total. The highest BCUT2D eigenvalue weighted by Gasteiger charge is 2.33. The third-order valence-corrected chi connectivity index (χ3v) is 3.16. The molecule has 0 aromatic rings. The Balaban J connectivity index is 4.30. The van der Waals surface area contributed by atoms with Gasteiger partial charge in [0.25, 0.3) is 0 Å². The van der Waals surface area contributed by atoms with E-state index in [1.165, 1.54) is 0 Å². The zero-order valence-electron chi connectivity index (χ0n) is 9.96. The highest BCUT2D eigenvalue weighted by Crippen LogP contribution is 2.24. The van der Waals surface area contributed by atoms with E-state index in [1.54, 1.807) is 0 Å². The van der Waals surface area contributed by atoms with Gasteiger partial charge in [0, 0.05) is 5.54 Å². The van der Waals surface area contributed by atoms with E-state index in [0.717, 1.165) is 12.8 Å². The van der Waals surface area contributed by atoms with Crippen LogP contribution < -0.4 is 0 Å². The molecular weight excluding hydrogens is 162 g/mol. The smallest absolute Gasteiger partial charge is 0.0743 e. The van der Waals surface area contributed by atoms with E-state index in [1.807, 2.05) is 14.1 Å². The molecule has 0 aliphatic rings. The fraction of sp³-hybridized carbons (Fsp3) is 1.00. The Labute approximate surface area is 82.9 Å². The molecule has 0 aromatic heterocycles. The number of aliphatic hydroxyl groups excluding tert-OH is 1. The van der Waals surface area contributed by atoms with Gasteiger partial charge in [-0.25, -0.2) is 0 Å². The molecule has 0 aromatic carbocycles. The molecule has 0 amide bonds. The lowest BCUT2D eigenvalue weighted by Gasteiger charge is -2.40. The second kappa shape index (κ2) is 4.97. The molecule has 80 valence electrons. The summed E-state index contributed by atoms with van der Waals surface area (Å²) in [5, 5.41) is 10.1. The lowest BCUT2D eigenvalue weighted by molar-refractivity contribution is -0.0185. The molecule has 2 heteroatoms. The van der Waals surface area contributed by atoms with Crippen LogP contribution in [0.3, 0.4) is 0 Å². The van der Waals surface area contributed by atoms with Crippen molar-refractivity contribution in [3.8, 4) is 0 Å². The molecule has 13 heavy (non-hydrogen) atoms. The van der Waals surface area contributed by atoms with Crippen LogP contribution in [-0.2, 0) is 0 Å². The zero-order valence-corrected chi connectivity index (χ0v) is 9.96. The maximum absolute atomic E-state index is 10.1. The molecule has 0 aliphatic heterocycles. The minimum absolute atomic E-state index is 0.130. The van der Waals surface area contributed by atoms with Crippen molar-refractivity contribution in [1.29, 1.82) is 0 Å². The van der Waals surface area contributed by atoms with Gasteiger partial charge in [-0.15, -0.1) is 0 Å². The lowest BCUT2D eigenvalue weighted by Crippen LogP contribution is -2.51. The first-order valence-electron chi connectivity index (χ1n) is 5.19. The molecule has 0 aliphatic carbocycles. The average molecular weight is 187 g/mol. The standard InChI is InChI=1S/C11H25NO/c1-7-8-9(2)10(13)11(3,4)12(5)6/h9-10,13H,7-8H2,1-6H3. The first-order chi connectivity index (χ1) is 5.84. The van der Waals surface area contributed by atoms with Crippen LogP contribution in [-0.4, -0.2) is 35.7 Å². The molecule has 0 spiro atoms. The van der Waals surface area contributed by atoms with Gasteiger partial charge in [-0.1, -0.05) is 20.3 Å². The van der Waals surface area contributed by atoms with Crippen LogP contribution in [0.4, 0.5) is 0 Å². The van der Waals surface area contributed by atoms with E-state index in [-0.39, 0.29) is 11.6 Å². The summed E-state index contributed by atoms with van der Waals surface area (Å²) in [7, 11) is 4.03. The molecule has 0 bridgehead atoms. The van der Waals surface area contributed by atoms with E-state index >= 15 is 0 Å². The molecule has 2 unspecified atom stereocenters. The van der Waals surface area contributed by atoms with Crippen molar-refractivity contribution in [1.82, 2.24) is 4.90 Å². The lowest BCUT2D eigenvalue weighted by atomic mass is 9.85. The largest absolute Gasteiger partial charge is 0.391 e. The third-order valence-electron chi connectivity index (χ3n) is 3.16. The summed E-state index contributed by atoms with van der Waals surface area (Å²) < 4.78 is 0. The SMILES string of the molecule is CCCC(C)C(O)C(C)(C)N(C)C. The molecule has 0 saturated heterocycles. The molecule has 0 saturated carbocycles. The van der Waals surface area contributed by atoms with E-state index in [2.05, 4.69) is 32.6 Å². The van der Waals surface area contributed by atoms with Gasteiger partial charge in [0.05, 0.1) is 6.10 Å². The van der Waals surface area contributed by atoms with Crippen molar-refractivity contribution < 1.29 is 5.11 Å². The van der Waals surface area contributed by atoms with E-state index in [4.69, 9.17) is 0 Å². The molecular formula is C11H25NO. The number of nitrogens with zero attached hydrogens (tertiary/aromatic N) is 1. The number of hydrogen-bond donors (Lipinski definition) is 1. The van der Waals surface area contributed by atoms with Crippen LogP contribution in [0.15, 0.2) is 0 Å². The van der Waals surface area contributed by atoms with Gasteiger partial charge in [-0.2, -0.15) is 0 Å². The molecule has 0 heterocycles. The summed E-state index contributed by atoms with van der Waals surface area (Å²) in [4.78, 5) is 2.09. The number of aliphatic hydroxyl groups is 1. The zero-order chi connectivity index (χ0) is 10.6. The van der Waals surface area contributed by atoms with Gasteiger partial charge < -0.3 is 10.0 Å². The van der Waals surface area contributed by atoms with Crippen LogP contribution in [0.2, 0.25) is 0 Å². The third kappa shape index (κ3) is 3.28. The Morgan fingerprint density at radius 1 is 1.31 bits per heavy atom. The fourth-order valence-corrected chi connectivity index (χ4v) is 1.57. The number of rotatable bonds is 5. The summed E-state index contributed by atoms with van der Waals surface area (Å²) >= 11 is 0. The second-order valence-corrected chi connectivity index (χ2v) is 4.76. The summed E-state index contributed by atoms with van der Waals surface area (Å²) in [6, 6.07) is 0. The Kier molecular flexibility index (Phi) is 4.93. The van der Waals surface area contributed by atoms with Gasteiger partial charge in [0.2, 0.25) is 0 Å². The predicted molar refractivity (Wildman–Crippen MR) is 57.8 cm³/mol. The van der Waals surface area contributed by atoms with Gasteiger partial charge in [-0.05, 0) is 40.3 Å². The molecule has 2 nitrogen and oxygen atoms in total. The average Bonchev–Trinajstić information content (AvgIpc) is 2.03. The van der Waals surface area contributed by atoms with Crippen molar-refractivity contribution in [2.24, 2.45) is 5.92 Å². The van der Waals surface area contributed by atoms with E-state index in [0.29, 0.717) is 5.92 Å². The Bertz CT molecular complexity index is 143. The van der Waals surface area contributed by atoms with Crippen LogP contribution >= 0.6 is 0 Å². The summed E-state index contributed by atoms with van der Waals surface area (Å²) in [6.07, 6.45) is 1.99. The monoisotopic (exact) mass is 187 g/mol. The van der Waals surface area contributed by atoms with E-state index < -0.39 is 0 Å². The maximum atomic E-state index is 10.1. The minimum atomic E-state index is -0.248. The quantitative estimate of drug-likeness (QED) is 0.712. The Morgan fingerprint density at radius 2 is 1.77 bits per heavy atom. The van der Waals surface area contributed by atoms with Crippen LogP contribution in [0, 0.1) is 5.92 Å². The van der Waals surface area contributed by atoms with Gasteiger partial charge >= 0.3 is 0 Å². The number of hydrogen-bond acceptors (Lipinski definition) is 2. The van der Waals surface area contributed by atoms with Gasteiger partial charge in [0.1, 0.15) is 0 Å². The van der Waals surface area contributed by atoms with E-state index in [9.17, 15) is 5.11 Å². The predicted octanol–water partition coefficient (Wildman–Crippen LogP) is 2.12. The van der Waals surface area contributed by atoms with Crippen molar-refractivity contribution in [2.45, 2.75) is 52.2 Å². The summed E-state index contributed by atoms with van der Waals surface area (Å²) in [5.41, 5.74) is -0.130. The van der Waals surface area contributed by atoms with Crippen molar-refractivity contribution in [3.63, 3.8) is 0 Å². The molecule has 0 fully saturated rings. The van der Waals surface area contributed by atoms with Gasteiger partial charge in [0.15, 0.2) is 0 Å². The highest BCUT2D eigenvalue weighted by atomic mass is 16.3. The van der Waals surface area contributed by atoms with Crippen molar-refractivity contribution in [3.05, 3.63) is 0 Å². The Hall–Kier alpha value is -0.0800. The first-order valence-corrected chi connectivity index (χ1v) is 5.19. The second-order valence-electron chi connectivity index (χ2n) is 4.76. The maximum Gasteiger partial charge on any atom is 0.0743 e. The molecule has 0 rings (SSSR count). The van der Waals surface area contributed by atoms with Crippen LogP contribution in [0.5, 0.6) is 0 Å². The van der Waals surface area contributed by atoms with Crippen molar-refractivity contribution >= 4 is 0 Å². The summed E-state index contributed by atoms with van der Waals surface area (Å²) in [6.45, 7) is 8.46. The van der Waals surface area contributed by atoms with Gasteiger partial charge in [-0.3, -0.25) is 0 Å². The normalized spacial score (nSPS) is 17.5. The first kappa shape index (κ1) is 12.9. The van der Waals surface area contributed by atoms with Crippen LogP contribution in [0.1, 0.15) is 40.5 Å². The Morgan fingerprint density at radius 3 is 2.08 bits per heavy atom. The summed E-state index contributed by atoms with van der Waals surface area (Å²) in [5.74, 6) is 0.377. The van der Waals surface area contributed by atoms with Crippen LogP contribution in [0.25, 0.3) is 0 Å². The number of likely N-dealkylation sites (N-methyl/N-ethyl adjacent to an activating group) is 1.